The SMILES string of the molecule is O=C1C(=O)N(Cc2ccc(F)cc2)c2ccc([N+](=O)[O-])cc21. The number of benzene rings is 2. The minimum Gasteiger partial charge on any atom is -0.300 e. The standard InChI is InChI=1S/C15H9FN2O4/c16-10-3-1-9(2-4-10)8-17-13-6-5-11(18(21)22)7-12(13)14(19)15(17)20/h1-7H,8H2. The highest BCUT2D eigenvalue weighted by Gasteiger charge is 2.36. The lowest BCUT2D eigenvalue weighted by molar-refractivity contribution is -0.384. The first-order valence-corrected chi connectivity index (χ1v) is 6.36. The molecule has 0 saturated heterocycles. The number of hydrogen-bond acceptors (Lipinski definition) is 4. The van der Waals surface area contributed by atoms with Crippen molar-refractivity contribution in [3.63, 3.8) is 0 Å². The number of carbonyl (C=O) groups excluding carboxylic acids is 2. The van der Waals surface area contributed by atoms with Crippen molar-refractivity contribution in [3.8, 4) is 0 Å². The summed E-state index contributed by atoms with van der Waals surface area (Å²) in [5, 5.41) is 10.8. The van der Waals surface area contributed by atoms with Gasteiger partial charge in [0, 0.05) is 12.1 Å². The monoisotopic (exact) mass is 300 g/mol. The van der Waals surface area contributed by atoms with Crippen LogP contribution in [0.1, 0.15) is 15.9 Å². The zero-order valence-corrected chi connectivity index (χ0v) is 11.2. The topological polar surface area (TPSA) is 80.5 Å². The molecular formula is C15H9FN2O4. The molecule has 1 aliphatic heterocycles. The number of ketones is 1. The maximum absolute atomic E-state index is 12.9. The molecule has 0 unspecified atom stereocenters. The van der Waals surface area contributed by atoms with E-state index in [4.69, 9.17) is 0 Å². The molecule has 0 aromatic heterocycles. The number of non-ortho nitro benzene ring substituents is 1. The van der Waals surface area contributed by atoms with Gasteiger partial charge < -0.3 is 4.90 Å². The Hall–Kier alpha value is -3.09. The number of rotatable bonds is 3. The number of Topliss-reactive ketones (excluding diaryl/α,β-unsaturated/α-hetero) is 1. The molecule has 0 aliphatic carbocycles. The third-order valence-electron chi connectivity index (χ3n) is 3.42. The van der Waals surface area contributed by atoms with Crippen LogP contribution < -0.4 is 4.90 Å². The summed E-state index contributed by atoms with van der Waals surface area (Å²) < 4.78 is 12.9. The van der Waals surface area contributed by atoms with E-state index < -0.39 is 22.4 Å². The Labute approximate surface area is 123 Å². The van der Waals surface area contributed by atoms with E-state index in [0.29, 0.717) is 11.3 Å². The molecule has 0 atom stereocenters. The van der Waals surface area contributed by atoms with E-state index in [1.807, 2.05) is 0 Å². The van der Waals surface area contributed by atoms with E-state index in [1.54, 1.807) is 0 Å². The molecular weight excluding hydrogens is 291 g/mol. The first kappa shape index (κ1) is 13.9. The normalized spacial score (nSPS) is 13.4. The van der Waals surface area contributed by atoms with Crippen LogP contribution in [0, 0.1) is 15.9 Å². The van der Waals surface area contributed by atoms with Gasteiger partial charge in [-0.1, -0.05) is 12.1 Å². The summed E-state index contributed by atoms with van der Waals surface area (Å²) in [6, 6.07) is 9.25. The van der Waals surface area contributed by atoms with Gasteiger partial charge in [0.2, 0.25) is 0 Å². The first-order valence-electron chi connectivity index (χ1n) is 6.36. The van der Waals surface area contributed by atoms with Gasteiger partial charge in [-0.05, 0) is 23.8 Å². The van der Waals surface area contributed by atoms with Crippen LogP contribution in [0.25, 0.3) is 0 Å². The fourth-order valence-electron chi connectivity index (χ4n) is 2.33. The lowest BCUT2D eigenvalue weighted by Gasteiger charge is -2.16. The lowest BCUT2D eigenvalue weighted by atomic mass is 10.1. The molecule has 2 aromatic carbocycles. The Bertz CT molecular complexity index is 802. The lowest BCUT2D eigenvalue weighted by Crippen LogP contribution is -2.29. The largest absolute Gasteiger partial charge is 0.300 e. The molecule has 0 saturated carbocycles. The van der Waals surface area contributed by atoms with Crippen LogP contribution >= 0.6 is 0 Å². The van der Waals surface area contributed by atoms with Crippen LogP contribution in [-0.2, 0) is 11.3 Å². The molecule has 0 N–H and O–H groups in total. The van der Waals surface area contributed by atoms with Gasteiger partial charge in [0.15, 0.2) is 0 Å². The van der Waals surface area contributed by atoms with Crippen LogP contribution in [0.2, 0.25) is 0 Å². The van der Waals surface area contributed by atoms with Gasteiger partial charge in [-0.15, -0.1) is 0 Å². The van der Waals surface area contributed by atoms with Crippen molar-refractivity contribution in [2.24, 2.45) is 0 Å². The number of halogens is 1. The van der Waals surface area contributed by atoms with Crippen molar-refractivity contribution in [1.82, 2.24) is 0 Å². The quantitative estimate of drug-likeness (QED) is 0.495. The van der Waals surface area contributed by atoms with Crippen molar-refractivity contribution in [2.75, 3.05) is 4.90 Å². The molecule has 2 aromatic rings. The molecule has 7 heteroatoms. The van der Waals surface area contributed by atoms with E-state index in [-0.39, 0.29) is 17.8 Å². The molecule has 22 heavy (non-hydrogen) atoms. The van der Waals surface area contributed by atoms with Crippen molar-refractivity contribution in [3.05, 3.63) is 69.5 Å². The third kappa shape index (κ3) is 2.22. The maximum Gasteiger partial charge on any atom is 0.299 e. The number of carbonyl (C=O) groups is 2. The fourth-order valence-corrected chi connectivity index (χ4v) is 2.33. The van der Waals surface area contributed by atoms with E-state index in [9.17, 15) is 24.1 Å². The van der Waals surface area contributed by atoms with Gasteiger partial charge in [0.25, 0.3) is 17.4 Å². The van der Waals surface area contributed by atoms with E-state index >= 15 is 0 Å². The number of amides is 1. The van der Waals surface area contributed by atoms with Gasteiger partial charge in [-0.2, -0.15) is 0 Å². The zero-order chi connectivity index (χ0) is 15.9. The highest BCUT2D eigenvalue weighted by molar-refractivity contribution is 6.52. The second-order valence-corrected chi connectivity index (χ2v) is 4.81. The minimum atomic E-state index is -0.777. The van der Waals surface area contributed by atoms with Crippen molar-refractivity contribution >= 4 is 23.1 Å². The van der Waals surface area contributed by atoms with Crippen LogP contribution in [0.3, 0.4) is 0 Å². The zero-order valence-electron chi connectivity index (χ0n) is 11.2. The molecule has 0 radical (unpaired) electrons. The summed E-state index contributed by atoms with van der Waals surface area (Å²) in [7, 11) is 0. The number of hydrogen-bond donors (Lipinski definition) is 0. The summed E-state index contributed by atoms with van der Waals surface area (Å²) in [6.45, 7) is 0.0929. The van der Waals surface area contributed by atoms with Gasteiger partial charge in [0.05, 0.1) is 22.7 Å². The molecule has 1 amide bonds. The van der Waals surface area contributed by atoms with Crippen LogP contribution in [0.4, 0.5) is 15.8 Å². The van der Waals surface area contributed by atoms with Gasteiger partial charge in [-0.3, -0.25) is 19.7 Å². The average Bonchev–Trinajstić information content (AvgIpc) is 2.74. The Morgan fingerprint density at radius 3 is 2.41 bits per heavy atom. The second-order valence-electron chi connectivity index (χ2n) is 4.81. The van der Waals surface area contributed by atoms with Crippen molar-refractivity contribution in [1.29, 1.82) is 0 Å². The number of nitro groups is 1. The van der Waals surface area contributed by atoms with Crippen LogP contribution in [-0.4, -0.2) is 16.6 Å². The fraction of sp³-hybridized carbons (Fsp3) is 0.0667. The first-order chi connectivity index (χ1) is 10.5. The van der Waals surface area contributed by atoms with Crippen molar-refractivity contribution < 1.29 is 18.9 Å². The van der Waals surface area contributed by atoms with Crippen LogP contribution in [0.5, 0.6) is 0 Å². The molecule has 1 heterocycles. The van der Waals surface area contributed by atoms with Crippen LogP contribution in [0.15, 0.2) is 42.5 Å². The highest BCUT2D eigenvalue weighted by atomic mass is 19.1. The van der Waals surface area contributed by atoms with E-state index in [2.05, 4.69) is 0 Å². The number of nitro benzene ring substituents is 1. The maximum atomic E-state index is 12.9. The Morgan fingerprint density at radius 1 is 1.09 bits per heavy atom. The van der Waals surface area contributed by atoms with E-state index in [0.717, 1.165) is 6.07 Å². The summed E-state index contributed by atoms with van der Waals surface area (Å²) in [5.74, 6) is -1.93. The molecule has 3 rings (SSSR count). The Kier molecular flexibility index (Phi) is 3.17. The minimum absolute atomic E-state index is 0.0151. The molecule has 1 aliphatic rings. The predicted octanol–water partition coefficient (Wildman–Crippen LogP) is 2.46. The molecule has 0 spiro atoms. The van der Waals surface area contributed by atoms with Gasteiger partial charge in [0.1, 0.15) is 5.82 Å². The molecule has 110 valence electrons. The molecule has 0 bridgehead atoms. The summed E-state index contributed by atoms with van der Waals surface area (Å²) in [4.78, 5) is 35.4. The van der Waals surface area contributed by atoms with Crippen molar-refractivity contribution in [2.45, 2.75) is 6.54 Å². The number of anilines is 1. The second kappa shape index (κ2) is 5.03. The Balaban J connectivity index is 1.98. The highest BCUT2D eigenvalue weighted by Crippen LogP contribution is 2.33. The summed E-state index contributed by atoms with van der Waals surface area (Å²) in [6.07, 6.45) is 0. The molecule has 6 nitrogen and oxygen atoms in total. The predicted molar refractivity (Wildman–Crippen MR) is 75.0 cm³/mol. The Morgan fingerprint density at radius 2 is 1.77 bits per heavy atom. The third-order valence-corrected chi connectivity index (χ3v) is 3.42. The van der Waals surface area contributed by atoms with Gasteiger partial charge in [-0.25, -0.2) is 4.39 Å². The van der Waals surface area contributed by atoms with Gasteiger partial charge >= 0.3 is 0 Å². The molecule has 0 fully saturated rings. The smallest absolute Gasteiger partial charge is 0.299 e. The number of nitrogens with zero attached hydrogens (tertiary/aromatic N) is 2. The summed E-state index contributed by atoms with van der Waals surface area (Å²) in [5.41, 5.74) is 0.739. The average molecular weight is 300 g/mol. The van der Waals surface area contributed by atoms with E-state index in [1.165, 1.54) is 41.3 Å². The number of fused-ring (bicyclic) bond motifs is 1. The summed E-state index contributed by atoms with van der Waals surface area (Å²) >= 11 is 0.